The van der Waals surface area contributed by atoms with Crippen molar-refractivity contribution in [3.8, 4) is 0 Å². The molecule has 1 aromatic carbocycles. The second-order valence-corrected chi connectivity index (χ2v) is 8.12. The zero-order valence-electron chi connectivity index (χ0n) is 14.9. The van der Waals surface area contributed by atoms with Gasteiger partial charge in [-0.2, -0.15) is 5.10 Å². The van der Waals surface area contributed by atoms with Crippen LogP contribution in [0.4, 0.5) is 0 Å². The van der Waals surface area contributed by atoms with E-state index in [0.29, 0.717) is 10.8 Å². The number of benzene rings is 1. The van der Waals surface area contributed by atoms with E-state index in [0.717, 1.165) is 23.4 Å². The monoisotopic (exact) mass is 380 g/mol. The van der Waals surface area contributed by atoms with E-state index in [1.54, 1.807) is 0 Å². The van der Waals surface area contributed by atoms with Gasteiger partial charge in [0, 0.05) is 15.6 Å². The van der Waals surface area contributed by atoms with Gasteiger partial charge in [0.05, 0.1) is 5.75 Å². The van der Waals surface area contributed by atoms with Crippen LogP contribution in [-0.2, 0) is 4.79 Å². The Morgan fingerprint density at radius 1 is 0.920 bits per heavy atom. The molecule has 1 amide bonds. The normalized spacial score (nSPS) is 17.2. The summed E-state index contributed by atoms with van der Waals surface area (Å²) in [6.07, 6.45) is 13.8. The van der Waals surface area contributed by atoms with Gasteiger partial charge in [-0.25, -0.2) is 5.43 Å². The average Bonchev–Trinajstić information content (AvgIpc) is 2.61. The Labute approximate surface area is 161 Å². The Balaban J connectivity index is 1.75. The molecular formula is C20H29ClN2OS. The summed E-state index contributed by atoms with van der Waals surface area (Å²) in [4.78, 5) is 13.1. The van der Waals surface area contributed by atoms with E-state index in [9.17, 15) is 4.79 Å². The Kier molecular flexibility index (Phi) is 10.1. The Morgan fingerprint density at radius 3 is 2.00 bits per heavy atom. The predicted molar refractivity (Wildman–Crippen MR) is 109 cm³/mol. The van der Waals surface area contributed by atoms with Crippen LogP contribution in [-0.4, -0.2) is 17.4 Å². The molecule has 0 saturated heterocycles. The van der Waals surface area contributed by atoms with Gasteiger partial charge in [-0.1, -0.05) is 56.5 Å². The van der Waals surface area contributed by atoms with Crippen LogP contribution in [0.1, 0.15) is 70.6 Å². The lowest BCUT2D eigenvalue weighted by Gasteiger charge is -2.09. The third kappa shape index (κ3) is 9.31. The number of hydrazone groups is 1. The second kappa shape index (κ2) is 12.4. The number of nitrogens with one attached hydrogen (secondary N) is 1. The number of amides is 1. The first kappa shape index (κ1) is 20.3. The molecule has 3 nitrogen and oxygen atoms in total. The quantitative estimate of drug-likeness (QED) is 0.498. The van der Waals surface area contributed by atoms with Gasteiger partial charge in [-0.3, -0.25) is 4.79 Å². The van der Waals surface area contributed by atoms with Gasteiger partial charge in [0.2, 0.25) is 5.91 Å². The van der Waals surface area contributed by atoms with Crippen molar-refractivity contribution in [1.82, 2.24) is 5.43 Å². The van der Waals surface area contributed by atoms with Crippen molar-refractivity contribution in [3.63, 3.8) is 0 Å². The van der Waals surface area contributed by atoms with Crippen LogP contribution < -0.4 is 5.43 Å². The molecule has 0 spiro atoms. The van der Waals surface area contributed by atoms with E-state index in [1.165, 1.54) is 69.5 Å². The van der Waals surface area contributed by atoms with Gasteiger partial charge in [0.25, 0.3) is 0 Å². The molecule has 0 atom stereocenters. The third-order valence-corrected chi connectivity index (χ3v) is 5.72. The summed E-state index contributed by atoms with van der Waals surface area (Å²) >= 11 is 7.37. The summed E-state index contributed by atoms with van der Waals surface area (Å²) in [6, 6.07) is 7.54. The lowest BCUT2D eigenvalue weighted by atomic mass is 10.00. The number of carbonyl (C=O) groups excluding carboxylic acids is 1. The fraction of sp³-hybridized carbons (Fsp3) is 0.600. The molecule has 1 N–H and O–H groups in total. The van der Waals surface area contributed by atoms with Crippen LogP contribution in [0, 0.1) is 0 Å². The highest BCUT2D eigenvalue weighted by Crippen LogP contribution is 2.20. The smallest absolute Gasteiger partial charge is 0.250 e. The molecule has 1 aliphatic carbocycles. The number of rotatable bonds is 4. The summed E-state index contributed by atoms with van der Waals surface area (Å²) < 4.78 is 0. The molecule has 1 aliphatic rings. The van der Waals surface area contributed by atoms with Crippen LogP contribution in [0.15, 0.2) is 34.3 Å². The Bertz CT molecular complexity index is 531. The third-order valence-electron chi connectivity index (χ3n) is 4.45. The number of hydrogen-bond donors (Lipinski definition) is 1. The summed E-state index contributed by atoms with van der Waals surface area (Å²) in [7, 11) is 0. The lowest BCUT2D eigenvalue weighted by molar-refractivity contribution is -0.118. The van der Waals surface area contributed by atoms with Crippen LogP contribution in [0.5, 0.6) is 0 Å². The molecule has 0 aliphatic heterocycles. The number of thioether (sulfide) groups is 1. The van der Waals surface area contributed by atoms with Crippen molar-refractivity contribution in [2.24, 2.45) is 5.10 Å². The number of nitrogens with zero attached hydrogens (tertiary/aromatic N) is 1. The zero-order chi connectivity index (χ0) is 17.7. The molecule has 1 saturated carbocycles. The molecule has 5 heteroatoms. The van der Waals surface area contributed by atoms with Gasteiger partial charge >= 0.3 is 0 Å². The molecular weight excluding hydrogens is 352 g/mol. The average molecular weight is 381 g/mol. The first-order valence-electron chi connectivity index (χ1n) is 9.47. The molecule has 2 rings (SSSR count). The topological polar surface area (TPSA) is 41.5 Å². The van der Waals surface area contributed by atoms with Crippen LogP contribution in [0.3, 0.4) is 0 Å². The van der Waals surface area contributed by atoms with E-state index in [2.05, 4.69) is 10.5 Å². The van der Waals surface area contributed by atoms with Gasteiger partial charge < -0.3 is 0 Å². The molecule has 0 heterocycles. The maximum Gasteiger partial charge on any atom is 0.250 e. The molecule has 1 aromatic rings. The van der Waals surface area contributed by atoms with Gasteiger partial charge in [0.15, 0.2) is 0 Å². The highest BCUT2D eigenvalue weighted by atomic mass is 35.5. The molecule has 25 heavy (non-hydrogen) atoms. The largest absolute Gasteiger partial charge is 0.272 e. The maximum absolute atomic E-state index is 12.0. The molecule has 138 valence electrons. The summed E-state index contributed by atoms with van der Waals surface area (Å²) in [5, 5.41) is 5.13. The highest BCUT2D eigenvalue weighted by Gasteiger charge is 2.06. The van der Waals surface area contributed by atoms with E-state index >= 15 is 0 Å². The van der Waals surface area contributed by atoms with Crippen LogP contribution in [0.25, 0.3) is 0 Å². The molecule has 0 unspecified atom stereocenters. The SMILES string of the molecule is O=C(CSc1ccc(Cl)cc1)NN=C1CCCCCCCCCCC1. The molecule has 1 fully saturated rings. The number of halogens is 1. The van der Waals surface area contributed by atoms with Crippen LogP contribution >= 0.6 is 23.4 Å². The summed E-state index contributed by atoms with van der Waals surface area (Å²) in [5.41, 5.74) is 3.91. The lowest BCUT2D eigenvalue weighted by Crippen LogP contribution is -2.21. The molecule has 0 aromatic heterocycles. The Morgan fingerprint density at radius 2 is 1.44 bits per heavy atom. The van der Waals surface area contributed by atoms with Gasteiger partial charge in [-0.05, 0) is 49.9 Å². The number of hydrogen-bond acceptors (Lipinski definition) is 3. The van der Waals surface area contributed by atoms with E-state index in [4.69, 9.17) is 11.6 Å². The first-order chi connectivity index (χ1) is 12.2. The zero-order valence-corrected chi connectivity index (χ0v) is 16.5. The fourth-order valence-electron chi connectivity index (χ4n) is 2.99. The van der Waals surface area contributed by atoms with Gasteiger partial charge in [0.1, 0.15) is 0 Å². The van der Waals surface area contributed by atoms with E-state index in [-0.39, 0.29) is 5.91 Å². The number of carbonyl (C=O) groups is 1. The minimum Gasteiger partial charge on any atom is -0.272 e. The van der Waals surface area contributed by atoms with Gasteiger partial charge in [-0.15, -0.1) is 11.8 Å². The first-order valence-corrected chi connectivity index (χ1v) is 10.8. The molecule has 0 bridgehead atoms. The van der Waals surface area contributed by atoms with Crippen molar-refractivity contribution in [3.05, 3.63) is 29.3 Å². The standard InChI is InChI=1S/C20H29ClN2OS/c21-17-12-14-19(15-13-17)25-16-20(24)23-22-18-10-8-6-4-2-1-3-5-7-9-11-18/h12-15H,1-11,16H2,(H,23,24). The highest BCUT2D eigenvalue weighted by molar-refractivity contribution is 8.00. The minimum absolute atomic E-state index is 0.0430. The predicted octanol–water partition coefficient (Wildman–Crippen LogP) is 6.21. The van der Waals surface area contributed by atoms with Crippen molar-refractivity contribution in [1.29, 1.82) is 0 Å². The second-order valence-electron chi connectivity index (χ2n) is 6.64. The fourth-order valence-corrected chi connectivity index (χ4v) is 3.80. The minimum atomic E-state index is -0.0430. The van der Waals surface area contributed by atoms with E-state index < -0.39 is 0 Å². The van der Waals surface area contributed by atoms with Crippen molar-refractivity contribution in [2.75, 3.05) is 5.75 Å². The summed E-state index contributed by atoms with van der Waals surface area (Å²) in [6.45, 7) is 0. The maximum atomic E-state index is 12.0. The Hall–Kier alpha value is -1.00. The van der Waals surface area contributed by atoms with Crippen LogP contribution in [0.2, 0.25) is 5.02 Å². The molecule has 0 radical (unpaired) electrons. The van der Waals surface area contributed by atoms with E-state index in [1.807, 2.05) is 24.3 Å². The summed E-state index contributed by atoms with van der Waals surface area (Å²) in [5.74, 6) is 0.330. The van der Waals surface area contributed by atoms with Crippen molar-refractivity contribution in [2.45, 2.75) is 75.5 Å². The van der Waals surface area contributed by atoms with Crippen molar-refractivity contribution < 1.29 is 4.79 Å². The van der Waals surface area contributed by atoms with Crippen molar-refractivity contribution >= 4 is 35.0 Å².